The standard InChI is InChI=1S/C28H27N2O.C26H25N2O.C24H21N2O.C23H19N2O/c1-18-12-13-22-23-16-21-10-6-7-11-24(21)29-28(23)31-27(22)26(18)25-17-20(14-15-30(25)2)19-8-4-3-5-9-19;1-16-10-11-19-20-14-17-8-6-7-9-21(17)27-25(20)29-24(19)23(16)22-15-18(26(2,3)4)12-13-28(22)5;1-4-16-10-12-21(26(3)14-16)22-15(2)9-11-18-19-13-17-7-5-6-8-20(17)25-24(19)27-23(18)22;1-14-8-11-20(25(3)13-14)21-15(2)9-10-17-18-12-16-6-4-5-7-19(16)24-23(18)26-22(17)21/h6-7,10-17,19H,3-5,8-9H2,1-2H3;6-15H,1-5H3;5-14H,4H2,1-3H3;4-13H,1-3H3/q4*+1. The molecule has 0 spiro atoms. The number of pyridine rings is 8. The van der Waals surface area contributed by atoms with Gasteiger partial charge in [0.1, 0.15) is 28.2 Å². The molecule has 0 atom stereocenters. The third-order valence-electron chi connectivity index (χ3n) is 23.4. The van der Waals surface area contributed by atoms with Gasteiger partial charge in [-0.3, -0.25) is 0 Å². The maximum atomic E-state index is 6.44. The molecule has 0 unspecified atom stereocenters. The minimum absolute atomic E-state index is 0.0813. The summed E-state index contributed by atoms with van der Waals surface area (Å²) in [5.41, 5.74) is 29.8. The molecule has 1 aliphatic rings. The Bertz CT molecular complexity index is 7210. The number of aromatic nitrogens is 8. The van der Waals surface area contributed by atoms with E-state index < -0.39 is 0 Å². The molecular formula is C101H92N8O4+4. The largest absolute Gasteiger partial charge is 0.437 e. The third kappa shape index (κ3) is 13.1. The summed E-state index contributed by atoms with van der Waals surface area (Å²) >= 11 is 0. The summed E-state index contributed by atoms with van der Waals surface area (Å²) in [6, 6.07) is 76.8. The minimum Gasteiger partial charge on any atom is -0.437 e. The summed E-state index contributed by atoms with van der Waals surface area (Å²) in [5.74, 6) is 0.677. The number of fused-ring (bicyclic) bond motifs is 16. The second-order valence-electron chi connectivity index (χ2n) is 32.1. The van der Waals surface area contributed by atoms with Gasteiger partial charge in [-0.1, -0.05) is 168 Å². The molecule has 556 valence electrons. The molecule has 1 fully saturated rings. The normalized spacial score (nSPS) is 12.8. The Morgan fingerprint density at radius 1 is 0.345 bits per heavy atom. The van der Waals surface area contributed by atoms with Crippen LogP contribution < -0.4 is 18.3 Å². The Labute approximate surface area is 656 Å². The van der Waals surface area contributed by atoms with E-state index in [1.807, 2.05) is 66.7 Å². The Kier molecular flexibility index (Phi) is 18.3. The van der Waals surface area contributed by atoms with Crippen LogP contribution in [0.1, 0.15) is 110 Å². The Hall–Kier alpha value is -12.8. The van der Waals surface area contributed by atoms with Crippen molar-refractivity contribution in [3.63, 3.8) is 0 Å². The molecule has 12 heteroatoms. The van der Waals surface area contributed by atoms with Gasteiger partial charge in [0.2, 0.25) is 45.6 Å². The van der Waals surface area contributed by atoms with Crippen LogP contribution in [0.3, 0.4) is 0 Å². The number of hydrogen-bond acceptors (Lipinski definition) is 8. The molecule has 8 aromatic carbocycles. The highest BCUT2D eigenvalue weighted by Crippen LogP contribution is 2.44. The zero-order valence-electron chi connectivity index (χ0n) is 66.6. The molecule has 20 aromatic rings. The average molecular weight is 1480 g/mol. The number of benzene rings is 8. The van der Waals surface area contributed by atoms with E-state index in [1.54, 1.807) is 0 Å². The summed E-state index contributed by atoms with van der Waals surface area (Å²) in [7, 11) is 8.40. The lowest BCUT2D eigenvalue weighted by Crippen LogP contribution is -2.32. The van der Waals surface area contributed by atoms with E-state index in [0.29, 0.717) is 28.8 Å². The van der Waals surface area contributed by atoms with Crippen molar-refractivity contribution in [2.24, 2.45) is 28.2 Å². The molecule has 0 aliphatic heterocycles. The number of nitrogens with zero attached hydrogens (tertiary/aromatic N) is 8. The Morgan fingerprint density at radius 2 is 0.699 bits per heavy atom. The number of para-hydroxylation sites is 4. The topological polar surface area (TPSA) is 120 Å². The zero-order chi connectivity index (χ0) is 77.7. The van der Waals surface area contributed by atoms with E-state index in [4.69, 9.17) is 37.6 Å². The first-order valence-corrected chi connectivity index (χ1v) is 39.6. The lowest BCUT2D eigenvalue weighted by molar-refractivity contribution is -0.660. The molecule has 0 saturated heterocycles. The third-order valence-corrected chi connectivity index (χ3v) is 23.4. The first kappa shape index (κ1) is 71.8. The summed E-state index contributed by atoms with van der Waals surface area (Å²) < 4.78 is 34.2. The van der Waals surface area contributed by atoms with Gasteiger partial charge >= 0.3 is 0 Å². The van der Waals surface area contributed by atoms with E-state index in [-0.39, 0.29) is 5.41 Å². The van der Waals surface area contributed by atoms with Crippen LogP contribution in [-0.4, -0.2) is 19.9 Å². The lowest BCUT2D eigenvalue weighted by atomic mass is 9.84. The van der Waals surface area contributed by atoms with Crippen molar-refractivity contribution in [1.29, 1.82) is 0 Å². The quantitative estimate of drug-likeness (QED) is 0.151. The molecule has 0 bridgehead atoms. The molecule has 0 N–H and O–H groups in total. The Balaban J connectivity index is 0.000000105. The summed E-state index contributed by atoms with van der Waals surface area (Å²) in [6.07, 6.45) is 16.4. The number of furan rings is 4. The zero-order valence-corrected chi connectivity index (χ0v) is 66.6. The van der Waals surface area contributed by atoms with Crippen LogP contribution in [0, 0.1) is 34.6 Å². The molecule has 0 radical (unpaired) electrons. The van der Waals surface area contributed by atoms with E-state index >= 15 is 0 Å². The fourth-order valence-electron chi connectivity index (χ4n) is 17.1. The summed E-state index contributed by atoms with van der Waals surface area (Å²) in [6.45, 7) is 19.6. The van der Waals surface area contributed by atoms with Crippen LogP contribution in [0.25, 0.3) is 177 Å². The van der Waals surface area contributed by atoms with Crippen molar-refractivity contribution in [2.75, 3.05) is 0 Å². The van der Waals surface area contributed by atoms with Crippen molar-refractivity contribution in [1.82, 2.24) is 19.9 Å². The predicted molar refractivity (Wildman–Crippen MR) is 460 cm³/mol. The van der Waals surface area contributed by atoms with Gasteiger partial charge in [-0.2, -0.15) is 0 Å². The molecule has 113 heavy (non-hydrogen) atoms. The van der Waals surface area contributed by atoms with Crippen LogP contribution in [0.5, 0.6) is 0 Å². The van der Waals surface area contributed by atoms with Gasteiger partial charge in [-0.25, -0.2) is 38.2 Å². The molecular weight excluding hydrogens is 1390 g/mol. The number of aryl methyl sites for hydroxylation is 10. The number of hydrogen-bond donors (Lipinski definition) is 0. The molecule has 12 heterocycles. The van der Waals surface area contributed by atoms with Gasteiger partial charge in [-0.05, 0) is 159 Å². The van der Waals surface area contributed by atoms with Gasteiger partial charge in [-0.15, -0.1) is 0 Å². The summed E-state index contributed by atoms with van der Waals surface area (Å²) in [4.78, 5) is 19.1. The predicted octanol–water partition coefficient (Wildman–Crippen LogP) is 24.0. The van der Waals surface area contributed by atoms with Gasteiger partial charge < -0.3 is 17.7 Å². The van der Waals surface area contributed by atoms with Crippen molar-refractivity contribution in [3.8, 4) is 45.0 Å². The molecule has 12 aromatic heterocycles. The Morgan fingerprint density at radius 3 is 1.07 bits per heavy atom. The minimum atomic E-state index is 0.0813. The van der Waals surface area contributed by atoms with E-state index in [2.05, 4.69) is 285 Å². The number of rotatable bonds is 6. The molecule has 0 amide bonds. The first-order chi connectivity index (χ1) is 54.8. The van der Waals surface area contributed by atoms with Crippen LogP contribution in [0.2, 0.25) is 0 Å². The van der Waals surface area contributed by atoms with Gasteiger partial charge in [0.15, 0.2) is 47.1 Å². The monoisotopic (exact) mass is 1480 g/mol. The van der Waals surface area contributed by atoms with Crippen LogP contribution in [-0.2, 0) is 40.0 Å². The molecule has 1 aliphatic carbocycles. The van der Waals surface area contributed by atoms with Crippen molar-refractivity contribution >= 4 is 132 Å². The molecule has 21 rings (SSSR count). The second-order valence-corrected chi connectivity index (χ2v) is 32.1. The van der Waals surface area contributed by atoms with Crippen molar-refractivity contribution in [3.05, 3.63) is 288 Å². The van der Waals surface area contributed by atoms with E-state index in [0.717, 1.165) is 149 Å². The van der Waals surface area contributed by atoms with Crippen molar-refractivity contribution in [2.45, 2.75) is 112 Å². The molecule has 1 saturated carbocycles. The van der Waals surface area contributed by atoms with Crippen molar-refractivity contribution < 1.29 is 35.9 Å². The highest BCUT2D eigenvalue weighted by Gasteiger charge is 2.29. The smallest absolute Gasteiger partial charge is 0.227 e. The highest BCUT2D eigenvalue weighted by molar-refractivity contribution is 6.15. The average Bonchev–Trinajstić information content (AvgIpc) is 1.62. The van der Waals surface area contributed by atoms with Crippen LogP contribution >= 0.6 is 0 Å². The summed E-state index contributed by atoms with van der Waals surface area (Å²) in [5, 5.41) is 13.3. The fourth-order valence-corrected chi connectivity index (χ4v) is 17.1. The van der Waals surface area contributed by atoms with Gasteiger partial charge in [0.25, 0.3) is 0 Å². The maximum absolute atomic E-state index is 6.44. The van der Waals surface area contributed by atoms with Gasteiger partial charge in [0.05, 0.1) is 44.3 Å². The lowest BCUT2D eigenvalue weighted by Gasteiger charge is -2.21. The van der Waals surface area contributed by atoms with Crippen LogP contribution in [0.4, 0.5) is 0 Å². The van der Waals surface area contributed by atoms with E-state index in [1.165, 1.54) is 87.9 Å². The highest BCUT2D eigenvalue weighted by atomic mass is 16.4. The first-order valence-electron chi connectivity index (χ1n) is 39.6. The van der Waals surface area contributed by atoms with Crippen LogP contribution in [0.15, 0.2) is 261 Å². The fraction of sp³-hybridized carbons (Fsp3) is 0.208. The van der Waals surface area contributed by atoms with E-state index in [9.17, 15) is 0 Å². The second kappa shape index (κ2) is 28.8. The SMILES string of the molecule is CCc1ccc(-c2c(C)ccc3c2oc2nc4ccccc4cc23)[n+](C)c1.Cc1ccc(-c2c(C)ccc3c2oc2nc4ccccc4cc23)[n+](C)c1.Cc1ccc2c(oc3nc4ccccc4cc32)c1-c1cc(C(C)(C)C)cc[n+]1C.Cc1ccc2c(oc3nc4ccccc4cc32)c1-c1cc(C2CCCCC2)cc[n+]1C. The molecule has 12 nitrogen and oxygen atoms in total. The van der Waals surface area contributed by atoms with Gasteiger partial charge in [0, 0.05) is 112 Å². The maximum Gasteiger partial charge on any atom is 0.227 e.